The Morgan fingerprint density at radius 1 is 1.25 bits per heavy atom. The minimum Gasteiger partial charge on any atom is -0.383 e. The van der Waals surface area contributed by atoms with Gasteiger partial charge in [-0.1, -0.05) is 23.7 Å². The summed E-state index contributed by atoms with van der Waals surface area (Å²) in [5.41, 5.74) is 0.920. The maximum Gasteiger partial charge on any atom is 0.237 e. The molecule has 0 fully saturated rings. The number of methoxy groups -OCH3 is 1. The van der Waals surface area contributed by atoms with Gasteiger partial charge in [0.2, 0.25) is 5.91 Å². The molecule has 4 nitrogen and oxygen atoms in total. The second-order valence-corrected chi connectivity index (χ2v) is 5.06. The van der Waals surface area contributed by atoms with Gasteiger partial charge in [0.05, 0.1) is 6.61 Å². The molecular formula is C15H16ClNO3. The molecule has 1 aromatic rings. The third kappa shape index (κ3) is 3.46. The van der Waals surface area contributed by atoms with Crippen molar-refractivity contribution in [1.82, 2.24) is 4.90 Å². The molecule has 1 atom stereocenters. The van der Waals surface area contributed by atoms with Crippen molar-refractivity contribution in [3.05, 3.63) is 47.1 Å². The summed E-state index contributed by atoms with van der Waals surface area (Å²) in [5, 5.41) is 0.636. The monoisotopic (exact) mass is 293 g/mol. The molecule has 0 aromatic heterocycles. The Morgan fingerprint density at radius 2 is 1.95 bits per heavy atom. The second-order valence-electron chi connectivity index (χ2n) is 4.63. The predicted molar refractivity (Wildman–Crippen MR) is 76.4 cm³/mol. The van der Waals surface area contributed by atoms with Crippen molar-refractivity contribution in [2.24, 2.45) is 5.92 Å². The molecule has 1 unspecified atom stereocenters. The number of benzene rings is 1. The Bertz CT molecular complexity index is 524. The van der Waals surface area contributed by atoms with Gasteiger partial charge in [-0.15, -0.1) is 0 Å². The zero-order valence-corrected chi connectivity index (χ0v) is 12.0. The highest BCUT2D eigenvalue weighted by Gasteiger charge is 2.31. The molecule has 1 heterocycles. The van der Waals surface area contributed by atoms with Crippen LogP contribution in [-0.2, 0) is 20.7 Å². The number of halogens is 1. The number of ether oxygens (including phenoxy) is 1. The largest absolute Gasteiger partial charge is 0.383 e. The van der Waals surface area contributed by atoms with Gasteiger partial charge >= 0.3 is 0 Å². The van der Waals surface area contributed by atoms with E-state index in [-0.39, 0.29) is 11.7 Å². The zero-order valence-electron chi connectivity index (χ0n) is 11.2. The van der Waals surface area contributed by atoms with Gasteiger partial charge in [0, 0.05) is 24.9 Å². The first-order valence-electron chi connectivity index (χ1n) is 6.37. The van der Waals surface area contributed by atoms with Crippen molar-refractivity contribution < 1.29 is 14.3 Å². The van der Waals surface area contributed by atoms with Crippen molar-refractivity contribution in [3.8, 4) is 0 Å². The number of amides is 1. The van der Waals surface area contributed by atoms with E-state index in [4.69, 9.17) is 16.3 Å². The van der Waals surface area contributed by atoms with E-state index in [2.05, 4.69) is 0 Å². The van der Waals surface area contributed by atoms with E-state index in [9.17, 15) is 9.59 Å². The SMILES string of the molecule is COCCN1C=CC(=O)C(Cc2ccc(Cl)cc2)C1=O. The Labute approximate surface area is 123 Å². The van der Waals surface area contributed by atoms with Gasteiger partial charge in [0.25, 0.3) is 0 Å². The second kappa shape index (κ2) is 6.68. The lowest BCUT2D eigenvalue weighted by Gasteiger charge is -2.26. The van der Waals surface area contributed by atoms with Gasteiger partial charge in [0.1, 0.15) is 5.92 Å². The van der Waals surface area contributed by atoms with E-state index < -0.39 is 5.92 Å². The number of carbonyl (C=O) groups excluding carboxylic acids is 2. The fourth-order valence-electron chi connectivity index (χ4n) is 2.09. The van der Waals surface area contributed by atoms with Gasteiger partial charge in [0.15, 0.2) is 5.78 Å². The van der Waals surface area contributed by atoms with E-state index in [0.717, 1.165) is 5.56 Å². The molecule has 5 heteroatoms. The summed E-state index contributed by atoms with van der Waals surface area (Å²) in [6.45, 7) is 0.897. The lowest BCUT2D eigenvalue weighted by atomic mass is 9.92. The van der Waals surface area contributed by atoms with Crippen molar-refractivity contribution >= 4 is 23.3 Å². The van der Waals surface area contributed by atoms with Crippen LogP contribution in [0.15, 0.2) is 36.5 Å². The average Bonchev–Trinajstić information content (AvgIpc) is 2.45. The number of hydrogen-bond donors (Lipinski definition) is 0. The minimum absolute atomic E-state index is 0.154. The summed E-state index contributed by atoms with van der Waals surface area (Å²) in [6.07, 6.45) is 3.38. The molecule has 2 rings (SSSR count). The third-order valence-corrected chi connectivity index (χ3v) is 3.48. The topological polar surface area (TPSA) is 46.6 Å². The quantitative estimate of drug-likeness (QED) is 0.781. The van der Waals surface area contributed by atoms with Crippen LogP contribution in [-0.4, -0.2) is 36.9 Å². The molecule has 0 saturated heterocycles. The molecular weight excluding hydrogens is 278 g/mol. The van der Waals surface area contributed by atoms with E-state index in [1.165, 1.54) is 17.2 Å². The first kappa shape index (κ1) is 14.8. The van der Waals surface area contributed by atoms with Gasteiger partial charge in [-0.25, -0.2) is 0 Å². The van der Waals surface area contributed by atoms with Crippen LogP contribution in [0.3, 0.4) is 0 Å². The number of hydrogen-bond acceptors (Lipinski definition) is 3. The average molecular weight is 294 g/mol. The highest BCUT2D eigenvalue weighted by molar-refractivity contribution is 6.30. The first-order valence-corrected chi connectivity index (χ1v) is 6.75. The van der Waals surface area contributed by atoms with Crippen LogP contribution in [0.4, 0.5) is 0 Å². The highest BCUT2D eigenvalue weighted by atomic mass is 35.5. The summed E-state index contributed by atoms with van der Waals surface area (Å²) in [6, 6.07) is 7.18. The number of allylic oxidation sites excluding steroid dienone is 1. The van der Waals surface area contributed by atoms with Crippen molar-refractivity contribution in [1.29, 1.82) is 0 Å². The van der Waals surface area contributed by atoms with Crippen LogP contribution >= 0.6 is 11.6 Å². The maximum atomic E-state index is 12.3. The molecule has 0 saturated carbocycles. The molecule has 0 bridgehead atoms. The van der Waals surface area contributed by atoms with Crippen LogP contribution in [0, 0.1) is 5.92 Å². The predicted octanol–water partition coefficient (Wildman–Crippen LogP) is 2.07. The summed E-state index contributed by atoms with van der Waals surface area (Å²) < 4.78 is 4.96. The van der Waals surface area contributed by atoms with E-state index in [1.54, 1.807) is 19.2 Å². The number of nitrogens with zero attached hydrogens (tertiary/aromatic N) is 1. The Hall–Kier alpha value is -1.65. The molecule has 1 aliphatic heterocycles. The van der Waals surface area contributed by atoms with E-state index >= 15 is 0 Å². The van der Waals surface area contributed by atoms with E-state index in [0.29, 0.717) is 24.6 Å². The summed E-state index contributed by atoms with van der Waals surface area (Å²) in [5.74, 6) is -0.985. The van der Waals surface area contributed by atoms with Crippen LogP contribution < -0.4 is 0 Å². The number of carbonyl (C=O) groups is 2. The zero-order chi connectivity index (χ0) is 14.5. The third-order valence-electron chi connectivity index (χ3n) is 3.23. The Balaban J connectivity index is 2.09. The first-order chi connectivity index (χ1) is 9.61. The molecule has 1 aromatic carbocycles. The van der Waals surface area contributed by atoms with Crippen molar-refractivity contribution in [3.63, 3.8) is 0 Å². The van der Waals surface area contributed by atoms with Gasteiger partial charge in [-0.2, -0.15) is 0 Å². The molecule has 1 aliphatic rings. The number of rotatable bonds is 5. The molecule has 0 spiro atoms. The van der Waals surface area contributed by atoms with Crippen LogP contribution in [0.1, 0.15) is 5.56 Å². The van der Waals surface area contributed by atoms with Crippen LogP contribution in [0.25, 0.3) is 0 Å². The van der Waals surface area contributed by atoms with Gasteiger partial charge in [-0.3, -0.25) is 9.59 Å². The minimum atomic E-state index is -0.655. The molecule has 0 N–H and O–H groups in total. The Morgan fingerprint density at radius 3 is 2.60 bits per heavy atom. The van der Waals surface area contributed by atoms with Crippen LogP contribution in [0.5, 0.6) is 0 Å². The van der Waals surface area contributed by atoms with E-state index in [1.807, 2.05) is 12.1 Å². The molecule has 20 heavy (non-hydrogen) atoms. The van der Waals surface area contributed by atoms with Crippen molar-refractivity contribution in [2.45, 2.75) is 6.42 Å². The van der Waals surface area contributed by atoms with Gasteiger partial charge < -0.3 is 9.64 Å². The summed E-state index contributed by atoms with van der Waals surface area (Å²) in [7, 11) is 1.58. The van der Waals surface area contributed by atoms with Crippen LogP contribution in [0.2, 0.25) is 5.02 Å². The summed E-state index contributed by atoms with van der Waals surface area (Å²) >= 11 is 5.82. The summed E-state index contributed by atoms with van der Waals surface area (Å²) in [4.78, 5) is 25.7. The molecule has 0 radical (unpaired) electrons. The fourth-order valence-corrected chi connectivity index (χ4v) is 2.22. The normalized spacial score (nSPS) is 18.7. The maximum absolute atomic E-state index is 12.3. The smallest absolute Gasteiger partial charge is 0.237 e. The molecule has 106 valence electrons. The Kier molecular flexibility index (Phi) is 4.93. The lowest BCUT2D eigenvalue weighted by molar-refractivity contribution is -0.139. The lowest BCUT2D eigenvalue weighted by Crippen LogP contribution is -2.41. The standard InChI is InChI=1S/C15H16ClNO3/c1-20-9-8-17-7-6-14(18)13(15(17)19)10-11-2-4-12(16)5-3-11/h2-7,13H,8-10H2,1H3. The molecule has 0 aliphatic carbocycles. The van der Waals surface area contributed by atoms with Crippen molar-refractivity contribution in [2.75, 3.05) is 20.3 Å². The molecule has 1 amide bonds. The number of ketones is 1. The fraction of sp³-hybridized carbons (Fsp3) is 0.333. The highest BCUT2D eigenvalue weighted by Crippen LogP contribution is 2.19. The van der Waals surface area contributed by atoms with Gasteiger partial charge in [-0.05, 0) is 30.2 Å².